The van der Waals surface area contributed by atoms with E-state index in [1.54, 1.807) is 0 Å². The van der Waals surface area contributed by atoms with Crippen LogP contribution >= 0.6 is 0 Å². The molecule has 4 bridgehead atoms. The van der Waals surface area contributed by atoms with E-state index >= 15 is 0 Å². The molecule has 4 aliphatic carbocycles. The van der Waals surface area contributed by atoms with Gasteiger partial charge in [-0.05, 0) is 67.9 Å². The largest absolute Gasteiger partial charge is 0.294 e. The number of carbonyl (C=O) groups excluding carboxylic acids is 2. The maximum atomic E-state index is 12.4. The molecule has 0 N–H and O–H groups in total. The molecule has 0 aromatic carbocycles. The minimum absolute atomic E-state index is 0.0544. The zero-order chi connectivity index (χ0) is 12.9. The molecule has 18 heavy (non-hydrogen) atoms. The van der Waals surface area contributed by atoms with E-state index in [9.17, 15) is 9.59 Å². The summed E-state index contributed by atoms with van der Waals surface area (Å²) in [4.78, 5) is 24.9. The van der Waals surface area contributed by atoms with Gasteiger partial charge in [-0.1, -0.05) is 13.2 Å². The lowest BCUT2D eigenvalue weighted by atomic mass is 9.43. The Labute approximate surface area is 108 Å². The summed E-state index contributed by atoms with van der Waals surface area (Å²) in [5, 5.41) is 0. The van der Waals surface area contributed by atoms with E-state index < -0.39 is 5.41 Å². The minimum atomic E-state index is -0.795. The molecule has 0 unspecified atom stereocenters. The van der Waals surface area contributed by atoms with Crippen LogP contribution < -0.4 is 0 Å². The lowest BCUT2D eigenvalue weighted by molar-refractivity contribution is -0.162. The molecule has 0 saturated heterocycles. The van der Waals surface area contributed by atoms with Gasteiger partial charge < -0.3 is 0 Å². The Kier molecular flexibility index (Phi) is 2.58. The molecule has 0 amide bonds. The van der Waals surface area contributed by atoms with Gasteiger partial charge in [0.25, 0.3) is 0 Å². The molecule has 4 saturated carbocycles. The summed E-state index contributed by atoms with van der Waals surface area (Å²) in [7, 11) is 0. The van der Waals surface area contributed by atoms with Gasteiger partial charge in [0.1, 0.15) is 5.41 Å². The van der Waals surface area contributed by atoms with Crippen LogP contribution in [0.15, 0.2) is 25.3 Å². The Balaban J connectivity index is 2.09. The Bertz CT molecular complexity index is 382. The predicted octanol–water partition coefficient (Wildman–Crippen LogP) is 2.94. The highest BCUT2D eigenvalue weighted by Gasteiger charge is 2.62. The third kappa shape index (κ3) is 1.29. The lowest BCUT2D eigenvalue weighted by Gasteiger charge is -2.59. The fourth-order valence-electron chi connectivity index (χ4n) is 5.19. The molecule has 4 aliphatic rings. The maximum Gasteiger partial charge on any atom is 0.169 e. The van der Waals surface area contributed by atoms with Crippen LogP contribution in [0.25, 0.3) is 0 Å². The van der Waals surface area contributed by atoms with Crippen LogP contribution in [0, 0.1) is 29.1 Å². The van der Waals surface area contributed by atoms with E-state index in [2.05, 4.69) is 13.2 Å². The van der Waals surface area contributed by atoms with Crippen molar-refractivity contribution in [3.05, 3.63) is 25.3 Å². The molecule has 2 nitrogen and oxygen atoms in total. The summed E-state index contributed by atoms with van der Waals surface area (Å²) in [6.45, 7) is 7.24. The molecular formula is C16H20O2. The second-order valence-corrected chi connectivity index (χ2v) is 6.31. The van der Waals surface area contributed by atoms with Crippen molar-refractivity contribution in [1.29, 1.82) is 0 Å². The highest BCUT2D eigenvalue weighted by atomic mass is 16.2. The minimum Gasteiger partial charge on any atom is -0.294 e. The first kappa shape index (κ1) is 11.9. The molecule has 0 radical (unpaired) electrons. The number of hydrogen-bond donors (Lipinski definition) is 0. The number of allylic oxidation sites excluding steroid dienone is 2. The van der Waals surface area contributed by atoms with Gasteiger partial charge in [-0.25, -0.2) is 0 Å². The topological polar surface area (TPSA) is 34.1 Å². The Morgan fingerprint density at radius 3 is 1.56 bits per heavy atom. The van der Waals surface area contributed by atoms with Crippen molar-refractivity contribution in [3.63, 3.8) is 0 Å². The monoisotopic (exact) mass is 244 g/mol. The number of hydrogen-bond acceptors (Lipinski definition) is 2. The lowest BCUT2D eigenvalue weighted by Crippen LogP contribution is -2.59. The second-order valence-electron chi connectivity index (χ2n) is 6.31. The van der Waals surface area contributed by atoms with Crippen molar-refractivity contribution in [2.45, 2.75) is 32.1 Å². The molecule has 4 fully saturated rings. The molecule has 0 aliphatic heterocycles. The smallest absolute Gasteiger partial charge is 0.169 e. The Morgan fingerprint density at radius 1 is 0.833 bits per heavy atom. The zero-order valence-electron chi connectivity index (χ0n) is 10.7. The summed E-state index contributed by atoms with van der Waals surface area (Å²) < 4.78 is 0. The van der Waals surface area contributed by atoms with Gasteiger partial charge in [0.2, 0.25) is 0 Å². The normalized spacial score (nSPS) is 39.3. The molecule has 0 heterocycles. The molecule has 0 aromatic rings. The van der Waals surface area contributed by atoms with Gasteiger partial charge in [0.15, 0.2) is 11.6 Å². The quantitative estimate of drug-likeness (QED) is 0.563. The summed E-state index contributed by atoms with van der Waals surface area (Å²) >= 11 is 0. The molecule has 0 aromatic heterocycles. The second kappa shape index (κ2) is 3.91. The van der Waals surface area contributed by atoms with Crippen molar-refractivity contribution in [3.8, 4) is 0 Å². The first-order chi connectivity index (χ1) is 8.62. The standard InChI is InChI=1S/C16H20O2/c1-3-14(17)16(15(18)4-2)12-6-10-5-11(8-12)9-13(16)7-10/h3-4,10-13H,1-2,5-9H2. The highest BCUT2D eigenvalue weighted by Crippen LogP contribution is 2.63. The highest BCUT2D eigenvalue weighted by molar-refractivity contribution is 6.15. The molecule has 0 spiro atoms. The van der Waals surface area contributed by atoms with Gasteiger partial charge in [-0.15, -0.1) is 0 Å². The van der Waals surface area contributed by atoms with Crippen molar-refractivity contribution in [1.82, 2.24) is 0 Å². The van der Waals surface area contributed by atoms with Crippen LogP contribution in [-0.2, 0) is 9.59 Å². The fraction of sp³-hybridized carbons (Fsp3) is 0.625. The Morgan fingerprint density at radius 2 is 1.22 bits per heavy atom. The first-order valence-corrected chi connectivity index (χ1v) is 6.96. The van der Waals surface area contributed by atoms with Crippen LogP contribution in [0.5, 0.6) is 0 Å². The van der Waals surface area contributed by atoms with Crippen molar-refractivity contribution in [2.75, 3.05) is 0 Å². The van der Waals surface area contributed by atoms with E-state index in [4.69, 9.17) is 0 Å². The van der Waals surface area contributed by atoms with Crippen molar-refractivity contribution < 1.29 is 9.59 Å². The van der Waals surface area contributed by atoms with Gasteiger partial charge in [-0.3, -0.25) is 9.59 Å². The van der Waals surface area contributed by atoms with Crippen molar-refractivity contribution >= 4 is 11.6 Å². The van der Waals surface area contributed by atoms with Crippen LogP contribution in [0.1, 0.15) is 32.1 Å². The van der Waals surface area contributed by atoms with Gasteiger partial charge in [0.05, 0.1) is 0 Å². The number of ketones is 2. The van der Waals surface area contributed by atoms with Crippen LogP contribution in [0.2, 0.25) is 0 Å². The molecule has 96 valence electrons. The van der Waals surface area contributed by atoms with Crippen LogP contribution in [0.4, 0.5) is 0 Å². The average molecular weight is 244 g/mol. The third-order valence-corrected chi connectivity index (χ3v) is 5.61. The van der Waals surface area contributed by atoms with Crippen molar-refractivity contribution in [2.24, 2.45) is 29.1 Å². The van der Waals surface area contributed by atoms with E-state index in [1.165, 1.54) is 18.6 Å². The molecule has 2 heteroatoms. The molecular weight excluding hydrogens is 224 g/mol. The zero-order valence-corrected chi connectivity index (χ0v) is 10.7. The maximum absolute atomic E-state index is 12.4. The Hall–Kier alpha value is -1.18. The third-order valence-electron chi connectivity index (χ3n) is 5.61. The summed E-state index contributed by atoms with van der Waals surface area (Å²) in [5.74, 6) is 1.86. The van der Waals surface area contributed by atoms with Gasteiger partial charge in [0, 0.05) is 0 Å². The molecule has 4 rings (SSSR count). The summed E-state index contributed by atoms with van der Waals surface area (Å²) in [6, 6.07) is 0. The predicted molar refractivity (Wildman–Crippen MR) is 69.9 cm³/mol. The van der Waals surface area contributed by atoms with Crippen LogP contribution in [-0.4, -0.2) is 11.6 Å². The summed E-state index contributed by atoms with van der Waals surface area (Å²) in [5.41, 5.74) is -0.795. The van der Waals surface area contributed by atoms with E-state index in [1.807, 2.05) is 0 Å². The van der Waals surface area contributed by atoms with Gasteiger partial charge >= 0.3 is 0 Å². The average Bonchev–Trinajstić information content (AvgIpc) is 2.37. The van der Waals surface area contributed by atoms with E-state index in [0.29, 0.717) is 0 Å². The summed E-state index contributed by atoms with van der Waals surface area (Å²) in [6.07, 6.45) is 8.23. The van der Waals surface area contributed by atoms with Gasteiger partial charge in [-0.2, -0.15) is 0 Å². The molecule has 0 atom stereocenters. The van der Waals surface area contributed by atoms with Crippen LogP contribution in [0.3, 0.4) is 0 Å². The first-order valence-electron chi connectivity index (χ1n) is 6.96. The SMILES string of the molecule is C=CC(=O)C1(C(=O)C=C)C2CC3CC(C2)CC1C3. The van der Waals surface area contributed by atoms with E-state index in [0.717, 1.165) is 37.5 Å². The fourth-order valence-corrected chi connectivity index (χ4v) is 5.19. The number of carbonyl (C=O) groups is 2. The van der Waals surface area contributed by atoms with E-state index in [-0.39, 0.29) is 23.4 Å². The number of rotatable bonds is 4.